The van der Waals surface area contributed by atoms with Crippen molar-refractivity contribution in [2.45, 2.75) is 32.1 Å². The number of fused-ring (bicyclic) bond motifs is 1. The highest BCUT2D eigenvalue weighted by atomic mass is 35.5. The van der Waals surface area contributed by atoms with Crippen molar-refractivity contribution in [2.24, 2.45) is 0 Å². The first-order chi connectivity index (χ1) is 13.1. The van der Waals surface area contributed by atoms with Crippen LogP contribution in [0.4, 0.5) is 11.5 Å². The Balaban J connectivity index is 1.88. The lowest BCUT2D eigenvalue weighted by Gasteiger charge is -2.11. The van der Waals surface area contributed by atoms with Gasteiger partial charge in [0.25, 0.3) is 0 Å². The molecule has 1 aromatic carbocycles. The molecule has 0 atom stereocenters. The molecule has 0 saturated carbocycles. The molecule has 27 heavy (non-hydrogen) atoms. The Morgan fingerprint density at radius 3 is 2.81 bits per heavy atom. The molecule has 2 heterocycles. The lowest BCUT2D eigenvalue weighted by molar-refractivity contribution is -0.0419. The first-order valence-corrected chi connectivity index (χ1v) is 9.35. The van der Waals surface area contributed by atoms with Crippen LogP contribution in [-0.2, 0) is 6.54 Å². The van der Waals surface area contributed by atoms with Gasteiger partial charge >= 0.3 is 0 Å². The summed E-state index contributed by atoms with van der Waals surface area (Å²) in [5.41, 5.74) is 1.81. The average molecular weight is 390 g/mol. The number of unbranched alkanes of at least 4 members (excludes halogenated alkanes) is 2. The summed E-state index contributed by atoms with van der Waals surface area (Å²) in [7, 11) is 1.96. The number of aliphatic hydroxyl groups is 2. The fraction of sp³-hybridized carbons (Fsp3) is 0.368. The molecule has 2 aromatic heterocycles. The predicted octanol–water partition coefficient (Wildman–Crippen LogP) is 3.20. The maximum absolute atomic E-state index is 9.57. The number of aromatic nitrogens is 3. The molecule has 0 amide bonds. The maximum atomic E-state index is 9.57. The van der Waals surface area contributed by atoms with Crippen LogP contribution in [0.5, 0.6) is 0 Å². The average Bonchev–Trinajstić information content (AvgIpc) is 2.98. The summed E-state index contributed by atoms with van der Waals surface area (Å²) in [4.78, 5) is 4.06. The summed E-state index contributed by atoms with van der Waals surface area (Å²) in [6.45, 7) is 1.81. The Bertz CT molecular complexity index is 897. The molecule has 4 N–H and O–H groups in total. The summed E-state index contributed by atoms with van der Waals surface area (Å²) in [5.74, 6) is 0.609. The fourth-order valence-electron chi connectivity index (χ4n) is 3.02. The van der Waals surface area contributed by atoms with Crippen LogP contribution in [0.25, 0.3) is 10.9 Å². The minimum atomic E-state index is -1.60. The van der Waals surface area contributed by atoms with Gasteiger partial charge in [0.2, 0.25) is 0 Å². The van der Waals surface area contributed by atoms with Crippen LogP contribution in [-0.4, -0.2) is 38.6 Å². The molecule has 0 aliphatic heterocycles. The van der Waals surface area contributed by atoms with E-state index in [1.165, 1.54) is 6.20 Å². The molecule has 0 fully saturated rings. The van der Waals surface area contributed by atoms with E-state index in [9.17, 15) is 10.2 Å². The molecule has 144 valence electrons. The van der Waals surface area contributed by atoms with E-state index in [1.54, 1.807) is 12.3 Å². The van der Waals surface area contributed by atoms with Gasteiger partial charge in [0.1, 0.15) is 0 Å². The summed E-state index contributed by atoms with van der Waals surface area (Å²) in [5, 5.41) is 31.6. The molecule has 3 aromatic rings. The van der Waals surface area contributed by atoms with Gasteiger partial charge in [0.15, 0.2) is 12.1 Å². The maximum Gasteiger partial charge on any atom is 0.180 e. The molecule has 0 unspecified atom stereocenters. The topological polar surface area (TPSA) is 95.2 Å². The fourth-order valence-corrected chi connectivity index (χ4v) is 3.19. The number of nitrogens with zero attached hydrogens (tertiary/aromatic N) is 3. The Hall–Kier alpha value is -2.19. The van der Waals surface area contributed by atoms with Gasteiger partial charge in [0, 0.05) is 28.7 Å². The van der Waals surface area contributed by atoms with E-state index in [0.29, 0.717) is 22.1 Å². The third-order valence-electron chi connectivity index (χ3n) is 4.40. The van der Waals surface area contributed by atoms with E-state index in [-0.39, 0.29) is 0 Å². The molecule has 0 radical (unpaired) electrons. The monoisotopic (exact) mass is 389 g/mol. The molecule has 8 heteroatoms. The second-order valence-corrected chi connectivity index (χ2v) is 6.80. The second-order valence-electron chi connectivity index (χ2n) is 6.36. The smallest absolute Gasteiger partial charge is 0.180 e. The van der Waals surface area contributed by atoms with E-state index in [1.807, 2.05) is 29.9 Å². The van der Waals surface area contributed by atoms with Crippen molar-refractivity contribution in [1.82, 2.24) is 20.1 Å². The number of benzene rings is 1. The number of hydrogen-bond donors (Lipinski definition) is 4. The quantitative estimate of drug-likeness (QED) is 0.331. The highest BCUT2D eigenvalue weighted by Crippen LogP contribution is 2.30. The van der Waals surface area contributed by atoms with Crippen molar-refractivity contribution in [2.75, 3.05) is 18.9 Å². The first-order valence-electron chi connectivity index (χ1n) is 8.98. The number of halogens is 1. The third-order valence-corrected chi connectivity index (χ3v) is 4.63. The minimum Gasteiger partial charge on any atom is -0.364 e. The number of rotatable bonds is 9. The zero-order valence-corrected chi connectivity index (χ0v) is 15.9. The molecule has 0 saturated heterocycles. The summed E-state index contributed by atoms with van der Waals surface area (Å²) >= 11 is 6.18. The Morgan fingerprint density at radius 1 is 1.19 bits per heavy atom. The first kappa shape index (κ1) is 19.6. The lowest BCUT2D eigenvalue weighted by Crippen LogP contribution is -2.08. The van der Waals surface area contributed by atoms with E-state index in [0.717, 1.165) is 43.3 Å². The van der Waals surface area contributed by atoms with Gasteiger partial charge in [-0.3, -0.25) is 9.67 Å². The van der Waals surface area contributed by atoms with Gasteiger partial charge in [0.05, 0.1) is 17.4 Å². The van der Waals surface area contributed by atoms with Gasteiger partial charge in [-0.2, -0.15) is 5.10 Å². The van der Waals surface area contributed by atoms with E-state index < -0.39 is 6.29 Å². The second kappa shape index (κ2) is 9.14. The van der Waals surface area contributed by atoms with Crippen LogP contribution in [0.3, 0.4) is 0 Å². The normalized spacial score (nSPS) is 11.4. The number of aliphatic hydroxyl groups excluding tert-OH is 1. The highest BCUT2D eigenvalue weighted by molar-refractivity contribution is 6.31. The highest BCUT2D eigenvalue weighted by Gasteiger charge is 2.15. The summed E-state index contributed by atoms with van der Waals surface area (Å²) in [6.07, 6.45) is 4.72. The summed E-state index contributed by atoms with van der Waals surface area (Å²) in [6, 6.07) is 7.21. The Labute approximate surface area is 163 Å². The zero-order chi connectivity index (χ0) is 19.2. The van der Waals surface area contributed by atoms with E-state index >= 15 is 0 Å². The number of aryl methyl sites for hydroxylation is 1. The van der Waals surface area contributed by atoms with Gasteiger partial charge in [-0.05, 0) is 50.7 Å². The van der Waals surface area contributed by atoms with Crippen molar-refractivity contribution in [3.8, 4) is 0 Å². The molecule has 3 rings (SSSR count). The van der Waals surface area contributed by atoms with Gasteiger partial charge in [-0.1, -0.05) is 18.0 Å². The third kappa shape index (κ3) is 4.75. The van der Waals surface area contributed by atoms with Crippen molar-refractivity contribution >= 4 is 34.0 Å². The lowest BCUT2D eigenvalue weighted by atomic mass is 10.2. The molecular weight excluding hydrogens is 366 g/mol. The summed E-state index contributed by atoms with van der Waals surface area (Å²) < 4.78 is 1.96. The van der Waals surface area contributed by atoms with Gasteiger partial charge in [-0.25, -0.2) is 0 Å². The van der Waals surface area contributed by atoms with Crippen LogP contribution in [0.1, 0.15) is 31.1 Å². The number of anilines is 2. The molecular formula is C19H24ClN5O2. The molecule has 0 bridgehead atoms. The van der Waals surface area contributed by atoms with Crippen LogP contribution in [0, 0.1) is 0 Å². The Morgan fingerprint density at radius 2 is 2.04 bits per heavy atom. The van der Waals surface area contributed by atoms with Crippen molar-refractivity contribution < 1.29 is 10.2 Å². The standard InChI is InChI=1S/C19H24ClN5O2/c1-21-8-3-2-4-10-25-17-6-5-13(20)11-15(17)18(24-25)23-16-12-22-9-7-14(16)19(26)27/h5-7,9,11-12,19,21,26-27H,2-4,8,10H2,1H3,(H,23,24). The van der Waals surface area contributed by atoms with Gasteiger partial charge < -0.3 is 20.8 Å². The number of pyridine rings is 1. The number of hydrogen-bond acceptors (Lipinski definition) is 6. The Kier molecular flexibility index (Phi) is 6.63. The van der Waals surface area contributed by atoms with E-state index in [4.69, 9.17) is 11.6 Å². The van der Waals surface area contributed by atoms with Crippen LogP contribution in [0.15, 0.2) is 36.7 Å². The van der Waals surface area contributed by atoms with Crippen molar-refractivity contribution in [3.05, 3.63) is 47.2 Å². The molecule has 0 spiro atoms. The van der Waals surface area contributed by atoms with Gasteiger partial charge in [-0.15, -0.1) is 0 Å². The van der Waals surface area contributed by atoms with Crippen LogP contribution < -0.4 is 10.6 Å². The number of nitrogens with one attached hydrogen (secondary N) is 2. The molecule has 7 nitrogen and oxygen atoms in total. The van der Waals surface area contributed by atoms with Crippen LogP contribution >= 0.6 is 11.6 Å². The van der Waals surface area contributed by atoms with Crippen LogP contribution in [0.2, 0.25) is 5.02 Å². The largest absolute Gasteiger partial charge is 0.364 e. The predicted molar refractivity (Wildman–Crippen MR) is 107 cm³/mol. The van der Waals surface area contributed by atoms with Crippen molar-refractivity contribution in [1.29, 1.82) is 0 Å². The van der Waals surface area contributed by atoms with Crippen molar-refractivity contribution in [3.63, 3.8) is 0 Å². The minimum absolute atomic E-state index is 0.335. The zero-order valence-electron chi connectivity index (χ0n) is 15.2. The molecule has 0 aliphatic rings. The molecule has 0 aliphatic carbocycles. The van der Waals surface area contributed by atoms with E-state index in [2.05, 4.69) is 20.7 Å². The SMILES string of the molecule is CNCCCCCn1nc(Nc2cnccc2C(O)O)c2cc(Cl)ccc21.